The first-order valence-corrected chi connectivity index (χ1v) is 8.55. The zero-order chi connectivity index (χ0) is 17.6. The normalized spacial score (nSPS) is 10.6. The van der Waals surface area contributed by atoms with Crippen LogP contribution in [0, 0.1) is 6.92 Å². The molecular formula is C20H19ClN2O2. The van der Waals surface area contributed by atoms with E-state index in [0.717, 1.165) is 18.4 Å². The first kappa shape index (κ1) is 17.2. The van der Waals surface area contributed by atoms with E-state index in [4.69, 9.17) is 16.0 Å². The number of amides is 1. The van der Waals surface area contributed by atoms with Gasteiger partial charge in [0, 0.05) is 24.5 Å². The molecule has 0 atom stereocenters. The summed E-state index contributed by atoms with van der Waals surface area (Å²) in [7, 11) is 0. The zero-order valence-electron chi connectivity index (χ0n) is 14.0. The lowest BCUT2D eigenvalue weighted by Crippen LogP contribution is -2.24. The van der Waals surface area contributed by atoms with Crippen LogP contribution < -0.4 is 5.32 Å². The van der Waals surface area contributed by atoms with Crippen molar-refractivity contribution >= 4 is 17.5 Å². The summed E-state index contributed by atoms with van der Waals surface area (Å²) in [5.41, 5.74) is 2.53. The van der Waals surface area contributed by atoms with Gasteiger partial charge < -0.3 is 9.73 Å². The number of carbonyl (C=O) groups is 1. The fraction of sp³-hybridized carbons (Fsp3) is 0.200. The second kappa shape index (κ2) is 7.99. The lowest BCUT2D eigenvalue weighted by Gasteiger charge is -2.04. The Morgan fingerprint density at radius 2 is 1.96 bits per heavy atom. The molecule has 1 amide bonds. The summed E-state index contributed by atoms with van der Waals surface area (Å²) < 4.78 is 5.73. The SMILES string of the molecule is Cc1oc(-c2ccccc2Cl)cc1C(=O)NCCCc1ccncc1. The fourth-order valence-corrected chi connectivity index (χ4v) is 2.87. The van der Waals surface area contributed by atoms with Crippen LogP contribution in [0.25, 0.3) is 11.3 Å². The van der Waals surface area contributed by atoms with E-state index in [1.54, 1.807) is 31.5 Å². The Kier molecular flexibility index (Phi) is 5.51. The zero-order valence-corrected chi connectivity index (χ0v) is 14.7. The van der Waals surface area contributed by atoms with Gasteiger partial charge in [-0.2, -0.15) is 0 Å². The lowest BCUT2D eigenvalue weighted by molar-refractivity contribution is 0.0951. The van der Waals surface area contributed by atoms with Gasteiger partial charge >= 0.3 is 0 Å². The summed E-state index contributed by atoms with van der Waals surface area (Å²) in [6, 6.07) is 13.1. The molecule has 2 heterocycles. The Morgan fingerprint density at radius 1 is 1.20 bits per heavy atom. The second-order valence-electron chi connectivity index (χ2n) is 5.78. The maximum absolute atomic E-state index is 12.4. The summed E-state index contributed by atoms with van der Waals surface area (Å²) >= 11 is 6.20. The van der Waals surface area contributed by atoms with E-state index in [9.17, 15) is 4.79 Å². The molecule has 0 fully saturated rings. The molecule has 1 aromatic carbocycles. The molecule has 0 saturated heterocycles. The molecule has 0 aliphatic heterocycles. The van der Waals surface area contributed by atoms with Crippen molar-refractivity contribution in [3.05, 3.63) is 76.8 Å². The number of halogens is 1. The Hall–Kier alpha value is -2.59. The highest BCUT2D eigenvalue weighted by atomic mass is 35.5. The van der Waals surface area contributed by atoms with Crippen LogP contribution in [-0.2, 0) is 6.42 Å². The van der Waals surface area contributed by atoms with Gasteiger partial charge in [-0.1, -0.05) is 23.7 Å². The third kappa shape index (κ3) is 4.28. The van der Waals surface area contributed by atoms with Gasteiger partial charge in [-0.15, -0.1) is 0 Å². The number of aromatic nitrogens is 1. The Bertz CT molecular complexity index is 859. The number of hydrogen-bond donors (Lipinski definition) is 1. The fourth-order valence-electron chi connectivity index (χ4n) is 2.64. The van der Waals surface area contributed by atoms with Crippen LogP contribution in [0.3, 0.4) is 0 Å². The molecule has 2 aromatic heterocycles. The van der Waals surface area contributed by atoms with E-state index >= 15 is 0 Å². The molecule has 0 spiro atoms. The molecular weight excluding hydrogens is 336 g/mol. The highest BCUT2D eigenvalue weighted by molar-refractivity contribution is 6.33. The van der Waals surface area contributed by atoms with E-state index in [2.05, 4.69) is 10.3 Å². The lowest BCUT2D eigenvalue weighted by atomic mass is 10.1. The van der Waals surface area contributed by atoms with Crippen molar-refractivity contribution in [2.24, 2.45) is 0 Å². The summed E-state index contributed by atoms with van der Waals surface area (Å²) in [5.74, 6) is 1.06. The van der Waals surface area contributed by atoms with E-state index < -0.39 is 0 Å². The number of nitrogens with one attached hydrogen (secondary N) is 1. The van der Waals surface area contributed by atoms with Crippen molar-refractivity contribution in [3.63, 3.8) is 0 Å². The van der Waals surface area contributed by atoms with Gasteiger partial charge in [0.15, 0.2) is 0 Å². The van der Waals surface area contributed by atoms with Gasteiger partial charge in [-0.25, -0.2) is 0 Å². The molecule has 0 saturated carbocycles. The molecule has 0 aliphatic rings. The highest BCUT2D eigenvalue weighted by Gasteiger charge is 2.16. The third-order valence-corrected chi connectivity index (χ3v) is 4.31. The predicted octanol–water partition coefficient (Wildman–Crippen LogP) is 4.67. The van der Waals surface area contributed by atoms with E-state index in [-0.39, 0.29) is 5.91 Å². The Morgan fingerprint density at radius 3 is 2.72 bits per heavy atom. The van der Waals surface area contributed by atoms with Crippen molar-refractivity contribution in [1.82, 2.24) is 10.3 Å². The average Bonchev–Trinajstić information content (AvgIpc) is 3.01. The van der Waals surface area contributed by atoms with Gasteiger partial charge in [0.1, 0.15) is 11.5 Å². The summed E-state index contributed by atoms with van der Waals surface area (Å²) in [5, 5.41) is 3.54. The Balaban J connectivity index is 1.60. The van der Waals surface area contributed by atoms with Gasteiger partial charge in [0.2, 0.25) is 0 Å². The van der Waals surface area contributed by atoms with Crippen molar-refractivity contribution in [3.8, 4) is 11.3 Å². The van der Waals surface area contributed by atoms with Crippen LogP contribution >= 0.6 is 11.6 Å². The Labute approximate surface area is 151 Å². The molecule has 0 unspecified atom stereocenters. The van der Waals surface area contributed by atoms with Gasteiger partial charge in [-0.3, -0.25) is 9.78 Å². The largest absolute Gasteiger partial charge is 0.460 e. The highest BCUT2D eigenvalue weighted by Crippen LogP contribution is 2.30. The predicted molar refractivity (Wildman–Crippen MR) is 98.8 cm³/mol. The van der Waals surface area contributed by atoms with Crippen molar-refractivity contribution in [1.29, 1.82) is 0 Å². The minimum absolute atomic E-state index is 0.130. The number of aryl methyl sites for hydroxylation is 2. The minimum atomic E-state index is -0.130. The van der Waals surface area contributed by atoms with Gasteiger partial charge in [-0.05, 0) is 55.7 Å². The summed E-state index contributed by atoms with van der Waals surface area (Å²) in [4.78, 5) is 16.4. The molecule has 0 bridgehead atoms. The van der Waals surface area contributed by atoms with Crippen molar-refractivity contribution in [2.75, 3.05) is 6.54 Å². The molecule has 4 nitrogen and oxygen atoms in total. The topological polar surface area (TPSA) is 55.1 Å². The number of carbonyl (C=O) groups excluding carboxylic acids is 1. The first-order chi connectivity index (χ1) is 12.1. The first-order valence-electron chi connectivity index (χ1n) is 8.17. The van der Waals surface area contributed by atoms with Crippen molar-refractivity contribution in [2.45, 2.75) is 19.8 Å². The number of pyridine rings is 1. The molecule has 3 rings (SSSR count). The third-order valence-electron chi connectivity index (χ3n) is 3.98. The molecule has 0 radical (unpaired) electrons. The van der Waals surface area contributed by atoms with E-state index in [1.165, 1.54) is 5.56 Å². The van der Waals surface area contributed by atoms with Crippen molar-refractivity contribution < 1.29 is 9.21 Å². The monoisotopic (exact) mass is 354 g/mol. The van der Waals surface area contributed by atoms with Gasteiger partial charge in [0.25, 0.3) is 5.91 Å². The van der Waals surface area contributed by atoms with E-state index in [0.29, 0.717) is 28.7 Å². The molecule has 5 heteroatoms. The molecule has 25 heavy (non-hydrogen) atoms. The standard InChI is InChI=1S/C20H19ClN2O2/c1-14-17(13-19(25-14)16-6-2-3-7-18(16)21)20(24)23-10-4-5-15-8-11-22-12-9-15/h2-3,6-9,11-13H,4-5,10H2,1H3,(H,23,24). The average molecular weight is 355 g/mol. The number of nitrogens with zero attached hydrogens (tertiary/aromatic N) is 1. The second-order valence-corrected chi connectivity index (χ2v) is 6.18. The number of benzene rings is 1. The van der Waals surface area contributed by atoms with Crippen LogP contribution in [0.5, 0.6) is 0 Å². The van der Waals surface area contributed by atoms with Crippen LogP contribution in [0.15, 0.2) is 59.3 Å². The molecule has 3 aromatic rings. The molecule has 1 N–H and O–H groups in total. The quantitative estimate of drug-likeness (QED) is 0.654. The maximum atomic E-state index is 12.4. The summed E-state index contributed by atoms with van der Waals surface area (Å²) in [6.45, 7) is 2.39. The number of hydrogen-bond acceptors (Lipinski definition) is 3. The number of furan rings is 1. The maximum Gasteiger partial charge on any atom is 0.254 e. The minimum Gasteiger partial charge on any atom is -0.460 e. The summed E-state index contributed by atoms with van der Waals surface area (Å²) in [6.07, 6.45) is 5.32. The van der Waals surface area contributed by atoms with Crippen LogP contribution in [0.2, 0.25) is 5.02 Å². The van der Waals surface area contributed by atoms with Crippen LogP contribution in [0.4, 0.5) is 0 Å². The molecule has 128 valence electrons. The smallest absolute Gasteiger partial charge is 0.254 e. The number of rotatable bonds is 6. The van der Waals surface area contributed by atoms with Crippen LogP contribution in [0.1, 0.15) is 28.1 Å². The molecule has 0 aliphatic carbocycles. The van der Waals surface area contributed by atoms with Gasteiger partial charge in [0.05, 0.1) is 10.6 Å². The van der Waals surface area contributed by atoms with Crippen LogP contribution in [-0.4, -0.2) is 17.4 Å². The van der Waals surface area contributed by atoms with E-state index in [1.807, 2.05) is 30.3 Å².